The Morgan fingerprint density at radius 2 is 2.07 bits per heavy atom. The molecule has 2 heterocycles. The fourth-order valence-electron chi connectivity index (χ4n) is 3.24. The van der Waals surface area contributed by atoms with Gasteiger partial charge in [0.2, 0.25) is 5.91 Å². The van der Waals surface area contributed by atoms with E-state index in [1.165, 1.54) is 0 Å². The molecule has 0 bridgehead atoms. The average molecular weight is 399 g/mol. The summed E-state index contributed by atoms with van der Waals surface area (Å²) < 4.78 is 5.20. The molecule has 1 aromatic heterocycles. The van der Waals surface area contributed by atoms with Gasteiger partial charge in [0, 0.05) is 35.7 Å². The predicted octanol–water partition coefficient (Wildman–Crippen LogP) is 3.02. The lowest BCUT2D eigenvalue weighted by atomic mass is 10.2. The Morgan fingerprint density at radius 3 is 2.82 bits per heavy atom. The zero-order valence-electron chi connectivity index (χ0n) is 15.2. The standard InChI is InChI=1S/C20H19ClN4O3/c1-28-14-4-2-12-8-17(24-16(12)10-14)20(27)23-13-3-5-18(15(21)9-13)25-7-6-22-19(26)11-25/h2-5,8-10,24H,6-7,11H2,1H3,(H,22,26)(H,23,27). The van der Waals surface area contributed by atoms with Gasteiger partial charge in [0.05, 0.1) is 24.4 Å². The number of piperazine rings is 1. The first-order chi connectivity index (χ1) is 13.5. The van der Waals surface area contributed by atoms with Crippen molar-refractivity contribution in [2.75, 3.05) is 37.0 Å². The molecule has 144 valence electrons. The summed E-state index contributed by atoms with van der Waals surface area (Å²) in [5, 5.41) is 7.03. The van der Waals surface area contributed by atoms with Crippen LogP contribution in [0.25, 0.3) is 10.9 Å². The Bertz CT molecular complexity index is 1060. The molecule has 7 nitrogen and oxygen atoms in total. The third-order valence-electron chi connectivity index (χ3n) is 4.66. The molecule has 0 spiro atoms. The van der Waals surface area contributed by atoms with Crippen LogP contribution in [0.1, 0.15) is 10.5 Å². The van der Waals surface area contributed by atoms with E-state index in [1.807, 2.05) is 29.2 Å². The van der Waals surface area contributed by atoms with E-state index >= 15 is 0 Å². The van der Waals surface area contributed by atoms with Crippen LogP contribution in [0.5, 0.6) is 5.75 Å². The monoisotopic (exact) mass is 398 g/mol. The van der Waals surface area contributed by atoms with Crippen molar-refractivity contribution in [3.63, 3.8) is 0 Å². The lowest BCUT2D eigenvalue weighted by molar-refractivity contribution is -0.120. The summed E-state index contributed by atoms with van der Waals surface area (Å²) in [6.07, 6.45) is 0. The molecule has 2 aromatic carbocycles. The predicted molar refractivity (Wildman–Crippen MR) is 109 cm³/mol. The number of benzene rings is 2. The molecule has 28 heavy (non-hydrogen) atoms. The summed E-state index contributed by atoms with van der Waals surface area (Å²) in [5.74, 6) is 0.418. The van der Waals surface area contributed by atoms with Gasteiger partial charge in [0.15, 0.2) is 0 Å². The molecule has 2 amide bonds. The van der Waals surface area contributed by atoms with Crippen LogP contribution in [0.3, 0.4) is 0 Å². The van der Waals surface area contributed by atoms with Crippen molar-refractivity contribution in [2.24, 2.45) is 0 Å². The molecule has 0 radical (unpaired) electrons. The number of aromatic amines is 1. The summed E-state index contributed by atoms with van der Waals surface area (Å²) in [6, 6.07) is 12.6. The van der Waals surface area contributed by atoms with Gasteiger partial charge < -0.3 is 25.3 Å². The maximum Gasteiger partial charge on any atom is 0.272 e. The third-order valence-corrected chi connectivity index (χ3v) is 4.96. The molecule has 1 fully saturated rings. The molecule has 4 rings (SSSR count). The Hall–Kier alpha value is -3.19. The highest BCUT2D eigenvalue weighted by Gasteiger charge is 2.19. The molecule has 0 atom stereocenters. The number of hydrogen-bond acceptors (Lipinski definition) is 4. The van der Waals surface area contributed by atoms with Crippen molar-refractivity contribution in [1.82, 2.24) is 10.3 Å². The van der Waals surface area contributed by atoms with Crippen molar-refractivity contribution in [3.8, 4) is 5.75 Å². The zero-order valence-corrected chi connectivity index (χ0v) is 16.0. The number of H-pyrrole nitrogens is 1. The summed E-state index contributed by atoms with van der Waals surface area (Å²) in [6.45, 7) is 1.54. The fourth-order valence-corrected chi connectivity index (χ4v) is 3.54. The number of nitrogens with zero attached hydrogens (tertiary/aromatic N) is 1. The smallest absolute Gasteiger partial charge is 0.272 e. The number of hydrogen-bond donors (Lipinski definition) is 3. The lowest BCUT2D eigenvalue weighted by Gasteiger charge is -2.29. The van der Waals surface area contributed by atoms with Gasteiger partial charge in [-0.3, -0.25) is 9.59 Å². The molecule has 1 aliphatic heterocycles. The van der Waals surface area contributed by atoms with E-state index in [0.717, 1.165) is 22.3 Å². The Kier molecular flexibility index (Phi) is 4.83. The zero-order chi connectivity index (χ0) is 19.7. The van der Waals surface area contributed by atoms with Gasteiger partial charge in [-0.2, -0.15) is 0 Å². The van der Waals surface area contributed by atoms with Crippen molar-refractivity contribution in [2.45, 2.75) is 0 Å². The van der Waals surface area contributed by atoms with Crippen LogP contribution in [0, 0.1) is 0 Å². The summed E-state index contributed by atoms with van der Waals surface area (Å²) in [7, 11) is 1.60. The van der Waals surface area contributed by atoms with E-state index in [2.05, 4.69) is 15.6 Å². The van der Waals surface area contributed by atoms with Gasteiger partial charge in [-0.25, -0.2) is 0 Å². The molecule has 3 N–H and O–H groups in total. The number of ether oxygens (including phenoxy) is 1. The van der Waals surface area contributed by atoms with Gasteiger partial charge in [-0.05, 0) is 36.4 Å². The van der Waals surface area contributed by atoms with Crippen LogP contribution in [-0.4, -0.2) is 43.5 Å². The Labute approximate surface area is 166 Å². The highest BCUT2D eigenvalue weighted by molar-refractivity contribution is 6.33. The van der Waals surface area contributed by atoms with Crippen LogP contribution in [0.2, 0.25) is 5.02 Å². The number of carbonyl (C=O) groups excluding carboxylic acids is 2. The van der Waals surface area contributed by atoms with Gasteiger partial charge in [0.25, 0.3) is 5.91 Å². The largest absolute Gasteiger partial charge is 0.497 e. The quantitative estimate of drug-likeness (QED) is 0.630. The Balaban J connectivity index is 1.51. The minimum atomic E-state index is -0.267. The second-order valence-corrected chi connectivity index (χ2v) is 6.94. The van der Waals surface area contributed by atoms with E-state index < -0.39 is 0 Å². The number of amides is 2. The molecule has 8 heteroatoms. The molecule has 3 aromatic rings. The maximum atomic E-state index is 12.6. The molecule has 0 unspecified atom stereocenters. The number of aromatic nitrogens is 1. The van der Waals surface area contributed by atoms with E-state index in [4.69, 9.17) is 16.3 Å². The molecule has 0 saturated carbocycles. The van der Waals surface area contributed by atoms with E-state index in [-0.39, 0.29) is 18.4 Å². The number of nitrogens with one attached hydrogen (secondary N) is 3. The number of anilines is 2. The first-order valence-electron chi connectivity index (χ1n) is 8.83. The molecule has 0 aliphatic carbocycles. The van der Waals surface area contributed by atoms with E-state index in [1.54, 1.807) is 25.3 Å². The van der Waals surface area contributed by atoms with E-state index in [0.29, 0.717) is 29.5 Å². The number of fused-ring (bicyclic) bond motifs is 1. The first-order valence-corrected chi connectivity index (χ1v) is 9.20. The van der Waals surface area contributed by atoms with Crippen LogP contribution in [0.4, 0.5) is 11.4 Å². The van der Waals surface area contributed by atoms with Gasteiger partial charge in [-0.1, -0.05) is 11.6 Å². The second kappa shape index (κ2) is 7.44. The first kappa shape index (κ1) is 18.2. The van der Waals surface area contributed by atoms with Crippen LogP contribution >= 0.6 is 11.6 Å². The summed E-state index contributed by atoms with van der Waals surface area (Å²) in [4.78, 5) is 29.2. The average Bonchev–Trinajstić information content (AvgIpc) is 3.11. The topological polar surface area (TPSA) is 86.5 Å². The van der Waals surface area contributed by atoms with E-state index in [9.17, 15) is 9.59 Å². The van der Waals surface area contributed by atoms with Crippen LogP contribution < -0.4 is 20.3 Å². The van der Waals surface area contributed by atoms with Crippen LogP contribution in [-0.2, 0) is 4.79 Å². The highest BCUT2D eigenvalue weighted by Crippen LogP contribution is 2.29. The number of methoxy groups -OCH3 is 1. The number of rotatable bonds is 4. The van der Waals surface area contributed by atoms with Gasteiger partial charge in [0.1, 0.15) is 11.4 Å². The van der Waals surface area contributed by atoms with Crippen molar-refractivity contribution in [3.05, 3.63) is 53.2 Å². The summed E-state index contributed by atoms with van der Waals surface area (Å²) >= 11 is 6.39. The van der Waals surface area contributed by atoms with Crippen molar-refractivity contribution < 1.29 is 14.3 Å². The second-order valence-electron chi connectivity index (χ2n) is 6.53. The Morgan fingerprint density at radius 1 is 1.21 bits per heavy atom. The third kappa shape index (κ3) is 3.61. The molecular weight excluding hydrogens is 380 g/mol. The number of halogens is 1. The van der Waals surface area contributed by atoms with Crippen LogP contribution in [0.15, 0.2) is 42.5 Å². The SMILES string of the molecule is COc1ccc2cc(C(=O)Nc3ccc(N4CCNC(=O)C4)c(Cl)c3)[nH]c2c1. The molecule has 1 saturated heterocycles. The maximum absolute atomic E-state index is 12.6. The van der Waals surface area contributed by atoms with Gasteiger partial charge >= 0.3 is 0 Å². The molecular formula is C20H19ClN4O3. The summed E-state index contributed by atoms with van der Waals surface area (Å²) in [5.41, 5.74) is 2.61. The number of carbonyl (C=O) groups is 2. The molecule has 1 aliphatic rings. The normalized spacial score (nSPS) is 14.1. The lowest BCUT2D eigenvalue weighted by Crippen LogP contribution is -2.47. The van der Waals surface area contributed by atoms with Gasteiger partial charge in [-0.15, -0.1) is 0 Å². The minimum absolute atomic E-state index is 0.0323. The highest BCUT2D eigenvalue weighted by atomic mass is 35.5. The van der Waals surface area contributed by atoms with Crippen molar-refractivity contribution in [1.29, 1.82) is 0 Å². The minimum Gasteiger partial charge on any atom is -0.497 e. The van der Waals surface area contributed by atoms with Crippen molar-refractivity contribution >= 4 is 45.7 Å². The fraction of sp³-hybridized carbons (Fsp3) is 0.200.